The molecular weight excluding hydrogens is 278 g/mol. The van der Waals surface area contributed by atoms with Crippen molar-refractivity contribution < 1.29 is 21.0 Å². The van der Waals surface area contributed by atoms with Gasteiger partial charge in [-0.1, -0.05) is 0 Å². The summed E-state index contributed by atoms with van der Waals surface area (Å²) in [6.45, 7) is 1.13. The lowest BCUT2D eigenvalue weighted by Crippen LogP contribution is -2.41. The highest BCUT2D eigenvalue weighted by atomic mass is 32.2. The summed E-state index contributed by atoms with van der Waals surface area (Å²) in [5.74, 6) is 0.130. The Labute approximate surface area is 108 Å². The van der Waals surface area contributed by atoms with Crippen LogP contribution in [0.25, 0.3) is 0 Å². The first-order valence-corrected chi connectivity index (χ1v) is 9.44. The molecule has 8 heteroatoms. The molecule has 2 rings (SSSR count). The van der Waals surface area contributed by atoms with Gasteiger partial charge in [0, 0.05) is 13.1 Å². The van der Waals surface area contributed by atoms with E-state index in [-0.39, 0.29) is 17.8 Å². The third kappa shape index (κ3) is 3.66. The predicted octanol–water partition coefficient (Wildman–Crippen LogP) is 0.167. The normalized spacial score (nSPS) is 24.3. The Morgan fingerprint density at radius 1 is 1.06 bits per heavy atom. The minimum atomic E-state index is -3.40. The van der Waals surface area contributed by atoms with Crippen LogP contribution in [0.3, 0.4) is 0 Å². The molecule has 0 N–H and O–H groups in total. The largest absolute Gasteiger partial charge is 0.270 e. The molecule has 1 aliphatic heterocycles. The van der Waals surface area contributed by atoms with Crippen LogP contribution in [0.4, 0.5) is 0 Å². The standard InChI is InChI=1S/C10H19NO5S2/c1-17(12,13)16-8-9-4-6-11(7-5-9)18(14,15)10-2-3-10/h9-10H,2-8H2,1H3. The van der Waals surface area contributed by atoms with Crippen molar-refractivity contribution in [2.24, 2.45) is 5.92 Å². The number of piperidine rings is 1. The second-order valence-corrected chi connectivity index (χ2v) is 8.93. The summed E-state index contributed by atoms with van der Waals surface area (Å²) >= 11 is 0. The third-order valence-corrected chi connectivity index (χ3v) is 6.36. The van der Waals surface area contributed by atoms with Crippen molar-refractivity contribution in [3.63, 3.8) is 0 Å². The molecule has 0 aromatic carbocycles. The van der Waals surface area contributed by atoms with Crippen LogP contribution in [-0.4, -0.2) is 52.3 Å². The number of sulfonamides is 1. The number of hydrogen-bond donors (Lipinski definition) is 0. The highest BCUT2D eigenvalue weighted by Crippen LogP contribution is 2.33. The van der Waals surface area contributed by atoms with E-state index in [1.54, 1.807) is 4.31 Å². The van der Waals surface area contributed by atoms with Crippen molar-refractivity contribution in [1.82, 2.24) is 4.31 Å². The van der Waals surface area contributed by atoms with Crippen molar-refractivity contribution in [3.8, 4) is 0 Å². The van der Waals surface area contributed by atoms with Gasteiger partial charge in [-0.05, 0) is 31.6 Å². The van der Waals surface area contributed by atoms with Crippen molar-refractivity contribution in [2.45, 2.75) is 30.9 Å². The summed E-state index contributed by atoms with van der Waals surface area (Å²) in [7, 11) is -6.48. The summed E-state index contributed by atoms with van der Waals surface area (Å²) in [4.78, 5) is 0. The fourth-order valence-corrected chi connectivity index (χ4v) is 4.44. The number of hydrogen-bond acceptors (Lipinski definition) is 5. The fourth-order valence-electron chi connectivity index (χ4n) is 2.13. The lowest BCUT2D eigenvalue weighted by Gasteiger charge is -2.30. The van der Waals surface area contributed by atoms with E-state index in [0.29, 0.717) is 25.9 Å². The van der Waals surface area contributed by atoms with Gasteiger partial charge < -0.3 is 0 Å². The lowest BCUT2D eigenvalue weighted by atomic mass is 10.00. The molecule has 1 aliphatic carbocycles. The summed E-state index contributed by atoms with van der Waals surface area (Å²) < 4.78 is 52.0. The van der Waals surface area contributed by atoms with Crippen molar-refractivity contribution in [2.75, 3.05) is 26.0 Å². The van der Waals surface area contributed by atoms with Gasteiger partial charge in [0.2, 0.25) is 10.0 Å². The molecule has 0 atom stereocenters. The van der Waals surface area contributed by atoms with Gasteiger partial charge in [-0.25, -0.2) is 12.7 Å². The first kappa shape index (κ1) is 14.2. The highest BCUT2D eigenvalue weighted by molar-refractivity contribution is 7.90. The van der Waals surface area contributed by atoms with Crippen LogP contribution < -0.4 is 0 Å². The summed E-state index contributed by atoms with van der Waals surface area (Å²) in [5, 5.41) is -0.165. The van der Waals surface area contributed by atoms with Crippen LogP contribution in [0.5, 0.6) is 0 Å². The minimum absolute atomic E-state index is 0.130. The maximum atomic E-state index is 12.0. The molecule has 18 heavy (non-hydrogen) atoms. The summed E-state index contributed by atoms with van der Waals surface area (Å²) in [5.41, 5.74) is 0. The maximum Gasteiger partial charge on any atom is 0.264 e. The Bertz CT molecular complexity index is 486. The van der Waals surface area contributed by atoms with Gasteiger partial charge in [-0.3, -0.25) is 4.18 Å². The van der Waals surface area contributed by atoms with E-state index >= 15 is 0 Å². The van der Waals surface area contributed by atoms with E-state index in [1.807, 2.05) is 0 Å². The van der Waals surface area contributed by atoms with Crippen LogP contribution in [0.15, 0.2) is 0 Å². The predicted molar refractivity (Wildman–Crippen MR) is 67.0 cm³/mol. The zero-order chi connectivity index (χ0) is 13.4. The molecule has 0 bridgehead atoms. The van der Waals surface area contributed by atoms with Gasteiger partial charge in [-0.2, -0.15) is 8.42 Å². The Kier molecular flexibility index (Phi) is 4.01. The van der Waals surface area contributed by atoms with Gasteiger partial charge >= 0.3 is 0 Å². The zero-order valence-electron chi connectivity index (χ0n) is 10.4. The highest BCUT2D eigenvalue weighted by Gasteiger charge is 2.41. The summed E-state index contributed by atoms with van der Waals surface area (Å²) in [6.07, 6.45) is 3.92. The first-order chi connectivity index (χ1) is 8.29. The van der Waals surface area contributed by atoms with Crippen LogP contribution in [0.1, 0.15) is 25.7 Å². The van der Waals surface area contributed by atoms with Gasteiger partial charge in [0.25, 0.3) is 10.1 Å². The van der Waals surface area contributed by atoms with E-state index in [2.05, 4.69) is 0 Å². The smallest absolute Gasteiger partial charge is 0.264 e. The van der Waals surface area contributed by atoms with Crippen LogP contribution >= 0.6 is 0 Å². The SMILES string of the molecule is CS(=O)(=O)OCC1CCN(S(=O)(=O)C2CC2)CC1. The number of rotatable bonds is 5. The van der Waals surface area contributed by atoms with Crippen molar-refractivity contribution in [3.05, 3.63) is 0 Å². The molecule has 0 unspecified atom stereocenters. The Balaban J connectivity index is 1.81. The Hall–Kier alpha value is -0.180. The quantitative estimate of drug-likeness (QED) is 0.676. The Morgan fingerprint density at radius 3 is 2.06 bits per heavy atom. The molecule has 0 spiro atoms. The van der Waals surface area contributed by atoms with E-state index < -0.39 is 20.1 Å². The average molecular weight is 297 g/mol. The zero-order valence-corrected chi connectivity index (χ0v) is 12.0. The molecule has 1 saturated carbocycles. The van der Waals surface area contributed by atoms with Gasteiger partial charge in [-0.15, -0.1) is 0 Å². The molecule has 0 amide bonds. The van der Waals surface area contributed by atoms with Crippen molar-refractivity contribution in [1.29, 1.82) is 0 Å². The lowest BCUT2D eigenvalue weighted by molar-refractivity contribution is 0.190. The second-order valence-electron chi connectivity index (χ2n) is 5.08. The van der Waals surface area contributed by atoms with Gasteiger partial charge in [0.1, 0.15) is 0 Å². The van der Waals surface area contributed by atoms with E-state index in [1.165, 1.54) is 0 Å². The van der Waals surface area contributed by atoms with Crippen LogP contribution in [-0.2, 0) is 24.3 Å². The minimum Gasteiger partial charge on any atom is -0.270 e. The van der Waals surface area contributed by atoms with Gasteiger partial charge in [0.15, 0.2) is 0 Å². The van der Waals surface area contributed by atoms with E-state index in [4.69, 9.17) is 4.18 Å². The van der Waals surface area contributed by atoms with Crippen molar-refractivity contribution >= 4 is 20.1 Å². The van der Waals surface area contributed by atoms with E-state index in [0.717, 1.165) is 19.1 Å². The van der Waals surface area contributed by atoms with Crippen LogP contribution in [0.2, 0.25) is 0 Å². The molecule has 6 nitrogen and oxygen atoms in total. The molecule has 1 saturated heterocycles. The fraction of sp³-hybridized carbons (Fsp3) is 1.00. The molecule has 2 aliphatic rings. The molecule has 1 heterocycles. The third-order valence-electron chi connectivity index (χ3n) is 3.40. The summed E-state index contributed by atoms with van der Waals surface area (Å²) in [6, 6.07) is 0. The van der Waals surface area contributed by atoms with Gasteiger partial charge in [0.05, 0.1) is 18.1 Å². The Morgan fingerprint density at radius 2 is 1.61 bits per heavy atom. The molecule has 2 fully saturated rings. The topological polar surface area (TPSA) is 80.8 Å². The first-order valence-electron chi connectivity index (χ1n) is 6.12. The second kappa shape index (κ2) is 5.07. The van der Waals surface area contributed by atoms with Crippen LogP contribution in [0, 0.1) is 5.92 Å². The average Bonchev–Trinajstić information content (AvgIpc) is 3.10. The molecule has 0 radical (unpaired) electrons. The molecular formula is C10H19NO5S2. The molecule has 106 valence electrons. The number of nitrogens with zero attached hydrogens (tertiary/aromatic N) is 1. The molecule has 0 aromatic heterocycles. The maximum absolute atomic E-state index is 12.0. The van der Waals surface area contributed by atoms with E-state index in [9.17, 15) is 16.8 Å². The molecule has 0 aromatic rings. The monoisotopic (exact) mass is 297 g/mol.